The minimum atomic E-state index is -3.21. The molecule has 0 aliphatic carbocycles. The lowest BCUT2D eigenvalue weighted by Crippen LogP contribution is -2.44. The molecular formula is C16H32IN5O3S2. The van der Waals surface area contributed by atoms with Gasteiger partial charge in [-0.05, 0) is 19.8 Å². The standard InChI is InChI=1S/C16H31N5O3S2.HI/c1-2-17-16(18-6-4-9-20-8-3-5-15(20)22)19-7-14-26(23,24)21-10-12-25-13-11-21;/h2-14H2,1H3,(H2,17,18,19);1H. The van der Waals surface area contributed by atoms with Gasteiger partial charge >= 0.3 is 0 Å². The minimum Gasteiger partial charge on any atom is -0.357 e. The molecular weight excluding hydrogens is 501 g/mol. The van der Waals surface area contributed by atoms with Gasteiger partial charge in [-0.1, -0.05) is 0 Å². The first-order chi connectivity index (χ1) is 12.5. The molecule has 2 rings (SSSR count). The molecule has 2 saturated heterocycles. The molecule has 27 heavy (non-hydrogen) atoms. The number of guanidine groups is 1. The van der Waals surface area contributed by atoms with Crippen molar-refractivity contribution in [3.63, 3.8) is 0 Å². The van der Waals surface area contributed by atoms with Crippen LogP contribution in [0, 0.1) is 0 Å². The first-order valence-electron chi connectivity index (χ1n) is 9.38. The highest BCUT2D eigenvalue weighted by Gasteiger charge is 2.23. The topological polar surface area (TPSA) is 94.1 Å². The highest BCUT2D eigenvalue weighted by atomic mass is 127. The minimum absolute atomic E-state index is 0. The number of thioether (sulfide) groups is 1. The summed E-state index contributed by atoms with van der Waals surface area (Å²) in [6.07, 6.45) is 2.43. The van der Waals surface area contributed by atoms with Crippen molar-refractivity contribution in [2.24, 2.45) is 4.99 Å². The Balaban J connectivity index is 0.00000364. The second-order valence-electron chi connectivity index (χ2n) is 6.35. The zero-order chi connectivity index (χ0) is 18.8. The molecule has 2 N–H and O–H groups in total. The molecule has 158 valence electrons. The Hall–Kier alpha value is -0.270. The third kappa shape index (κ3) is 8.73. The van der Waals surface area contributed by atoms with Gasteiger partial charge < -0.3 is 15.5 Å². The average Bonchev–Trinajstić information content (AvgIpc) is 3.04. The van der Waals surface area contributed by atoms with Crippen molar-refractivity contribution in [2.45, 2.75) is 26.2 Å². The smallest absolute Gasteiger partial charge is 0.222 e. The Morgan fingerprint density at radius 1 is 1.22 bits per heavy atom. The van der Waals surface area contributed by atoms with Crippen LogP contribution < -0.4 is 10.6 Å². The van der Waals surface area contributed by atoms with Crippen molar-refractivity contribution >= 4 is 57.6 Å². The lowest BCUT2D eigenvalue weighted by molar-refractivity contribution is -0.127. The first-order valence-corrected chi connectivity index (χ1v) is 12.1. The lowest BCUT2D eigenvalue weighted by atomic mass is 10.4. The maximum Gasteiger partial charge on any atom is 0.222 e. The summed E-state index contributed by atoms with van der Waals surface area (Å²) in [6.45, 7) is 6.44. The van der Waals surface area contributed by atoms with E-state index in [4.69, 9.17) is 0 Å². The van der Waals surface area contributed by atoms with Gasteiger partial charge in [0, 0.05) is 63.7 Å². The van der Waals surface area contributed by atoms with Gasteiger partial charge in [0.15, 0.2) is 5.96 Å². The van der Waals surface area contributed by atoms with E-state index >= 15 is 0 Å². The van der Waals surface area contributed by atoms with Crippen LogP contribution in [0.25, 0.3) is 0 Å². The number of halogens is 1. The van der Waals surface area contributed by atoms with E-state index in [9.17, 15) is 13.2 Å². The zero-order valence-electron chi connectivity index (χ0n) is 16.0. The SMILES string of the molecule is CCNC(=NCCCN1CCCC1=O)NCCS(=O)(=O)N1CCSCC1.I. The number of likely N-dealkylation sites (tertiary alicyclic amines) is 1. The number of hydrogen-bond acceptors (Lipinski definition) is 5. The van der Waals surface area contributed by atoms with Gasteiger partial charge in [0.2, 0.25) is 15.9 Å². The van der Waals surface area contributed by atoms with Gasteiger partial charge in [0.05, 0.1) is 5.75 Å². The molecule has 2 aliphatic rings. The molecule has 8 nitrogen and oxygen atoms in total. The predicted molar refractivity (Wildman–Crippen MR) is 123 cm³/mol. The Labute approximate surface area is 184 Å². The van der Waals surface area contributed by atoms with Crippen LogP contribution in [0.3, 0.4) is 0 Å². The summed E-state index contributed by atoms with van der Waals surface area (Å²) < 4.78 is 26.3. The van der Waals surface area contributed by atoms with Gasteiger partial charge in [-0.3, -0.25) is 9.79 Å². The molecule has 2 heterocycles. The molecule has 0 aromatic heterocycles. The molecule has 0 radical (unpaired) electrons. The lowest BCUT2D eigenvalue weighted by Gasteiger charge is -2.25. The van der Waals surface area contributed by atoms with Crippen LogP contribution in [0.2, 0.25) is 0 Å². The van der Waals surface area contributed by atoms with Crippen molar-refractivity contribution < 1.29 is 13.2 Å². The maximum atomic E-state index is 12.3. The summed E-state index contributed by atoms with van der Waals surface area (Å²) >= 11 is 1.80. The number of nitrogens with zero attached hydrogens (tertiary/aromatic N) is 3. The summed E-state index contributed by atoms with van der Waals surface area (Å²) in [5.41, 5.74) is 0. The van der Waals surface area contributed by atoms with E-state index in [2.05, 4.69) is 15.6 Å². The van der Waals surface area contributed by atoms with E-state index < -0.39 is 10.0 Å². The monoisotopic (exact) mass is 533 g/mol. The molecule has 0 atom stereocenters. The zero-order valence-corrected chi connectivity index (χ0v) is 19.9. The van der Waals surface area contributed by atoms with Crippen molar-refractivity contribution in [1.82, 2.24) is 19.8 Å². The van der Waals surface area contributed by atoms with Gasteiger partial charge in [-0.25, -0.2) is 12.7 Å². The van der Waals surface area contributed by atoms with E-state index in [1.54, 1.807) is 16.1 Å². The number of aliphatic imine (C=N–C) groups is 1. The maximum absolute atomic E-state index is 12.3. The summed E-state index contributed by atoms with van der Waals surface area (Å²) in [4.78, 5) is 17.9. The van der Waals surface area contributed by atoms with Crippen molar-refractivity contribution in [2.75, 3.05) is 63.1 Å². The highest BCUT2D eigenvalue weighted by molar-refractivity contribution is 14.0. The average molecular weight is 534 g/mol. The fourth-order valence-corrected chi connectivity index (χ4v) is 5.48. The van der Waals surface area contributed by atoms with Gasteiger partial charge in [-0.15, -0.1) is 24.0 Å². The Kier molecular flexibility index (Phi) is 12.0. The van der Waals surface area contributed by atoms with E-state index in [0.29, 0.717) is 45.1 Å². The van der Waals surface area contributed by atoms with E-state index in [0.717, 1.165) is 37.4 Å². The number of amides is 1. The number of nitrogens with one attached hydrogen (secondary N) is 2. The fourth-order valence-electron chi connectivity index (χ4n) is 2.99. The van der Waals surface area contributed by atoms with E-state index in [-0.39, 0.29) is 35.6 Å². The summed E-state index contributed by atoms with van der Waals surface area (Å²) in [5.74, 6) is 2.68. The summed E-state index contributed by atoms with van der Waals surface area (Å²) in [6, 6.07) is 0. The van der Waals surface area contributed by atoms with E-state index in [1.165, 1.54) is 0 Å². The Morgan fingerprint density at radius 3 is 2.59 bits per heavy atom. The molecule has 0 saturated carbocycles. The molecule has 0 bridgehead atoms. The number of sulfonamides is 1. The number of carbonyl (C=O) groups excluding carboxylic acids is 1. The fraction of sp³-hybridized carbons (Fsp3) is 0.875. The first kappa shape index (κ1) is 24.8. The van der Waals surface area contributed by atoms with Crippen LogP contribution in [0.15, 0.2) is 4.99 Å². The molecule has 11 heteroatoms. The Bertz CT molecular complexity index is 583. The number of carbonyl (C=O) groups is 1. The van der Waals surface area contributed by atoms with Crippen LogP contribution in [0.5, 0.6) is 0 Å². The molecule has 2 fully saturated rings. The van der Waals surface area contributed by atoms with Crippen LogP contribution in [-0.4, -0.2) is 92.6 Å². The van der Waals surface area contributed by atoms with Crippen molar-refractivity contribution in [1.29, 1.82) is 0 Å². The van der Waals surface area contributed by atoms with E-state index in [1.807, 2.05) is 11.8 Å². The normalized spacial score (nSPS) is 19.1. The third-order valence-corrected chi connectivity index (χ3v) is 7.20. The molecule has 0 aromatic carbocycles. The van der Waals surface area contributed by atoms with Crippen LogP contribution in [0.1, 0.15) is 26.2 Å². The van der Waals surface area contributed by atoms with Crippen molar-refractivity contribution in [3.05, 3.63) is 0 Å². The quantitative estimate of drug-likeness (QED) is 0.195. The number of hydrogen-bond donors (Lipinski definition) is 2. The van der Waals surface area contributed by atoms with Crippen LogP contribution >= 0.6 is 35.7 Å². The molecule has 0 aromatic rings. The largest absolute Gasteiger partial charge is 0.357 e. The summed E-state index contributed by atoms with van der Waals surface area (Å²) in [5, 5.41) is 6.23. The second kappa shape index (κ2) is 13.0. The summed E-state index contributed by atoms with van der Waals surface area (Å²) in [7, 11) is -3.21. The predicted octanol–water partition coefficient (Wildman–Crippen LogP) is 0.551. The van der Waals surface area contributed by atoms with Crippen LogP contribution in [0.4, 0.5) is 0 Å². The van der Waals surface area contributed by atoms with Gasteiger partial charge in [0.25, 0.3) is 0 Å². The van der Waals surface area contributed by atoms with Crippen LogP contribution in [-0.2, 0) is 14.8 Å². The number of rotatable bonds is 9. The van der Waals surface area contributed by atoms with Crippen molar-refractivity contribution in [3.8, 4) is 0 Å². The van der Waals surface area contributed by atoms with Gasteiger partial charge in [-0.2, -0.15) is 11.8 Å². The molecule has 1 amide bonds. The second-order valence-corrected chi connectivity index (χ2v) is 9.67. The Morgan fingerprint density at radius 2 is 1.96 bits per heavy atom. The highest BCUT2D eigenvalue weighted by Crippen LogP contribution is 2.13. The third-order valence-electron chi connectivity index (χ3n) is 4.39. The molecule has 0 unspecified atom stereocenters. The molecule has 0 spiro atoms. The molecule has 2 aliphatic heterocycles. The van der Waals surface area contributed by atoms with Gasteiger partial charge in [0.1, 0.15) is 0 Å².